The maximum atomic E-state index is 12.0. The van der Waals surface area contributed by atoms with Crippen molar-refractivity contribution >= 4 is 29.1 Å². The zero-order chi connectivity index (χ0) is 12.5. The third-order valence-electron chi connectivity index (χ3n) is 3.21. The number of nitrogens with zero attached hydrogens (tertiary/aromatic N) is 1. The lowest BCUT2D eigenvalue weighted by molar-refractivity contribution is 0.0873. The van der Waals surface area contributed by atoms with Gasteiger partial charge in [-0.1, -0.05) is 42.5 Å². The Hall–Kier alpha value is -0.740. The molecular formula is C11H15Cl2N3O. The van der Waals surface area contributed by atoms with Crippen LogP contribution in [0.2, 0.25) is 10.3 Å². The molecule has 1 aromatic rings. The van der Waals surface area contributed by atoms with Gasteiger partial charge in [-0.3, -0.25) is 4.79 Å². The van der Waals surface area contributed by atoms with Crippen molar-refractivity contribution in [3.63, 3.8) is 0 Å². The molecule has 0 atom stereocenters. The number of nitrogens with one attached hydrogen (secondary N) is 2. The molecule has 1 saturated carbocycles. The first-order valence-corrected chi connectivity index (χ1v) is 6.49. The number of carbonyl (C=O) groups excluding carboxylic acids is 1. The minimum Gasteiger partial charge on any atom is -0.344 e. The second-order valence-electron chi connectivity index (χ2n) is 4.77. The number of H-pyrrole nitrogens is 1. The van der Waals surface area contributed by atoms with E-state index in [0.29, 0.717) is 0 Å². The number of hydrogen-bond acceptors (Lipinski definition) is 2. The monoisotopic (exact) mass is 275 g/mol. The van der Waals surface area contributed by atoms with Gasteiger partial charge >= 0.3 is 0 Å². The highest BCUT2D eigenvalue weighted by molar-refractivity contribution is 6.40. The third kappa shape index (κ3) is 2.93. The zero-order valence-corrected chi connectivity index (χ0v) is 11.2. The molecule has 17 heavy (non-hydrogen) atoms. The number of rotatable bonds is 2. The molecule has 1 aliphatic carbocycles. The van der Waals surface area contributed by atoms with Gasteiger partial charge in [-0.2, -0.15) is 0 Å². The van der Waals surface area contributed by atoms with Crippen molar-refractivity contribution in [3.05, 3.63) is 16.1 Å². The molecule has 0 spiro atoms. The number of aromatic amines is 1. The van der Waals surface area contributed by atoms with Gasteiger partial charge < -0.3 is 10.3 Å². The predicted molar refractivity (Wildman–Crippen MR) is 67.6 cm³/mol. The Morgan fingerprint density at radius 1 is 1.35 bits per heavy atom. The van der Waals surface area contributed by atoms with Gasteiger partial charge in [-0.25, -0.2) is 4.98 Å². The summed E-state index contributed by atoms with van der Waals surface area (Å²) in [5, 5.41) is 3.33. The zero-order valence-electron chi connectivity index (χ0n) is 9.65. The highest BCUT2D eigenvalue weighted by Gasteiger charge is 2.29. The van der Waals surface area contributed by atoms with Crippen molar-refractivity contribution in [1.82, 2.24) is 15.3 Å². The SMILES string of the molecule is CC1(NC(=O)c2nc(Cl)c(Cl)[nH]2)CCCCC1. The van der Waals surface area contributed by atoms with Gasteiger partial charge in [-0.15, -0.1) is 0 Å². The summed E-state index contributed by atoms with van der Waals surface area (Å²) in [5.74, 6) is -0.0741. The Morgan fingerprint density at radius 3 is 2.53 bits per heavy atom. The topological polar surface area (TPSA) is 57.8 Å². The fourth-order valence-electron chi connectivity index (χ4n) is 2.23. The Kier molecular flexibility index (Phi) is 3.64. The molecule has 0 saturated heterocycles. The van der Waals surface area contributed by atoms with E-state index in [4.69, 9.17) is 23.2 Å². The van der Waals surface area contributed by atoms with Crippen LogP contribution in [0.4, 0.5) is 0 Å². The summed E-state index contributed by atoms with van der Waals surface area (Å²) in [4.78, 5) is 18.5. The van der Waals surface area contributed by atoms with E-state index in [0.717, 1.165) is 25.7 Å². The molecule has 2 N–H and O–H groups in total. The lowest BCUT2D eigenvalue weighted by Crippen LogP contribution is -2.47. The van der Waals surface area contributed by atoms with Gasteiger partial charge in [0.25, 0.3) is 5.91 Å². The molecule has 1 aliphatic rings. The third-order valence-corrected chi connectivity index (χ3v) is 3.85. The summed E-state index contributed by atoms with van der Waals surface area (Å²) in [6.45, 7) is 2.07. The number of halogens is 2. The van der Waals surface area contributed by atoms with E-state index in [1.54, 1.807) is 0 Å². The number of aromatic nitrogens is 2. The molecule has 1 heterocycles. The van der Waals surface area contributed by atoms with Crippen LogP contribution in [-0.2, 0) is 0 Å². The highest BCUT2D eigenvalue weighted by Crippen LogP contribution is 2.28. The molecule has 2 rings (SSSR count). The van der Waals surface area contributed by atoms with E-state index in [9.17, 15) is 4.79 Å². The molecule has 0 unspecified atom stereocenters. The maximum absolute atomic E-state index is 12.0. The van der Waals surface area contributed by atoms with E-state index in [1.165, 1.54) is 6.42 Å². The van der Waals surface area contributed by atoms with Gasteiger partial charge in [0, 0.05) is 5.54 Å². The molecule has 6 heteroatoms. The number of hydrogen-bond donors (Lipinski definition) is 2. The first-order valence-electron chi connectivity index (χ1n) is 5.74. The van der Waals surface area contributed by atoms with Crippen LogP contribution in [0.25, 0.3) is 0 Å². The summed E-state index contributed by atoms with van der Waals surface area (Å²) in [6, 6.07) is 0. The maximum Gasteiger partial charge on any atom is 0.287 e. The Balaban J connectivity index is 2.05. The van der Waals surface area contributed by atoms with Crippen molar-refractivity contribution in [2.24, 2.45) is 0 Å². The molecule has 1 amide bonds. The molecule has 0 radical (unpaired) electrons. The Morgan fingerprint density at radius 2 is 2.00 bits per heavy atom. The summed E-state index contributed by atoms with van der Waals surface area (Å²) in [7, 11) is 0. The van der Waals surface area contributed by atoms with Gasteiger partial charge in [0.05, 0.1) is 0 Å². The standard InChI is InChI=1S/C11H15Cl2N3O/c1-11(5-3-2-4-6-11)16-10(17)9-14-7(12)8(13)15-9/h2-6H2,1H3,(H,14,15)(H,16,17). The van der Waals surface area contributed by atoms with Crippen LogP contribution >= 0.6 is 23.2 Å². The summed E-state index contributed by atoms with van der Waals surface area (Å²) in [5.41, 5.74) is -0.138. The van der Waals surface area contributed by atoms with Crippen LogP contribution in [0.15, 0.2) is 0 Å². The molecule has 1 fully saturated rings. The van der Waals surface area contributed by atoms with Crippen molar-refractivity contribution in [2.75, 3.05) is 0 Å². The van der Waals surface area contributed by atoms with Crippen LogP contribution in [0.3, 0.4) is 0 Å². The molecule has 0 aromatic carbocycles. The van der Waals surface area contributed by atoms with Crippen molar-refractivity contribution < 1.29 is 4.79 Å². The first-order chi connectivity index (χ1) is 8.00. The number of amides is 1. The van der Waals surface area contributed by atoms with Crippen LogP contribution in [0.1, 0.15) is 49.6 Å². The fourth-order valence-corrected chi connectivity index (χ4v) is 2.49. The second kappa shape index (κ2) is 4.86. The smallest absolute Gasteiger partial charge is 0.287 e. The van der Waals surface area contributed by atoms with Gasteiger partial charge in [-0.05, 0) is 19.8 Å². The molecule has 0 bridgehead atoms. The average molecular weight is 276 g/mol. The van der Waals surface area contributed by atoms with E-state index in [2.05, 4.69) is 22.2 Å². The quantitative estimate of drug-likeness (QED) is 0.871. The summed E-state index contributed by atoms with van der Waals surface area (Å²) < 4.78 is 0. The van der Waals surface area contributed by atoms with Crippen LogP contribution in [0.5, 0.6) is 0 Å². The van der Waals surface area contributed by atoms with Crippen LogP contribution in [-0.4, -0.2) is 21.4 Å². The number of carbonyl (C=O) groups is 1. The van der Waals surface area contributed by atoms with Crippen molar-refractivity contribution in [1.29, 1.82) is 0 Å². The van der Waals surface area contributed by atoms with Gasteiger partial charge in [0.2, 0.25) is 0 Å². The second-order valence-corrected chi connectivity index (χ2v) is 5.50. The van der Waals surface area contributed by atoms with Crippen molar-refractivity contribution in [2.45, 2.75) is 44.6 Å². The lowest BCUT2D eigenvalue weighted by atomic mass is 9.83. The fraction of sp³-hybridized carbons (Fsp3) is 0.636. The van der Waals surface area contributed by atoms with Crippen molar-refractivity contribution in [3.8, 4) is 0 Å². The molecule has 94 valence electrons. The van der Waals surface area contributed by atoms with E-state index in [-0.39, 0.29) is 27.6 Å². The molecular weight excluding hydrogens is 261 g/mol. The lowest BCUT2D eigenvalue weighted by Gasteiger charge is -2.34. The minimum absolute atomic E-state index is 0.130. The first kappa shape index (κ1) is 12.7. The molecule has 0 aliphatic heterocycles. The van der Waals surface area contributed by atoms with E-state index < -0.39 is 0 Å². The van der Waals surface area contributed by atoms with Crippen LogP contribution in [0, 0.1) is 0 Å². The predicted octanol–water partition coefficient (Wildman–Crippen LogP) is 3.17. The summed E-state index contributed by atoms with van der Waals surface area (Å²) >= 11 is 11.4. The van der Waals surface area contributed by atoms with E-state index >= 15 is 0 Å². The minimum atomic E-state index is -0.247. The number of imidazole rings is 1. The van der Waals surface area contributed by atoms with Gasteiger partial charge in [0.1, 0.15) is 5.15 Å². The Bertz CT molecular complexity index is 405. The normalized spacial score (nSPS) is 19.0. The molecule has 4 nitrogen and oxygen atoms in total. The van der Waals surface area contributed by atoms with E-state index in [1.807, 2.05) is 0 Å². The van der Waals surface area contributed by atoms with Crippen LogP contribution < -0.4 is 5.32 Å². The largest absolute Gasteiger partial charge is 0.344 e. The molecule has 1 aromatic heterocycles. The summed E-state index contributed by atoms with van der Waals surface area (Å²) in [6.07, 6.45) is 5.54. The highest BCUT2D eigenvalue weighted by atomic mass is 35.5. The average Bonchev–Trinajstić information content (AvgIpc) is 2.60. The Labute approximate surface area is 110 Å². The van der Waals surface area contributed by atoms with Gasteiger partial charge in [0.15, 0.2) is 11.0 Å².